The van der Waals surface area contributed by atoms with Crippen LogP contribution in [-0.4, -0.2) is 15.9 Å². The largest absolute Gasteiger partial charge is 0.454 e. The van der Waals surface area contributed by atoms with Gasteiger partial charge in [-0.3, -0.25) is 0 Å². The van der Waals surface area contributed by atoms with Gasteiger partial charge in [-0.1, -0.05) is 66.7 Å². The fraction of sp³-hybridized carbons (Fsp3) is 0.0286. The van der Waals surface area contributed by atoms with Crippen LogP contribution in [-0.2, 0) is 0 Å². The molecule has 5 aromatic carbocycles. The van der Waals surface area contributed by atoms with E-state index in [-0.39, 0.29) is 6.85 Å². The molecule has 11 rings (SSSR count). The number of rotatable bonds is 0. The molecule has 9 aromatic rings. The lowest BCUT2D eigenvalue weighted by Gasteiger charge is -2.34. The van der Waals surface area contributed by atoms with Gasteiger partial charge in [0.2, 0.25) is 0 Å². The van der Waals surface area contributed by atoms with Gasteiger partial charge in [-0.25, -0.2) is 0 Å². The lowest BCUT2D eigenvalue weighted by molar-refractivity contribution is 0.673. The average Bonchev–Trinajstić information content (AvgIpc) is 3.71. The molecule has 0 unspecified atom stereocenters. The highest BCUT2D eigenvalue weighted by Gasteiger charge is 2.42. The molecule has 184 valence electrons. The molecule has 0 N–H and O–H groups in total. The maximum atomic E-state index is 6.59. The summed E-state index contributed by atoms with van der Waals surface area (Å²) in [4.78, 5) is 0. The number of para-hydroxylation sites is 3. The maximum absolute atomic E-state index is 6.59. The van der Waals surface area contributed by atoms with Crippen LogP contribution in [0.5, 0.6) is 0 Å². The molecule has 0 saturated heterocycles. The molecule has 3 nitrogen and oxygen atoms in total. The Bertz CT molecular complexity index is 2630. The topological polar surface area (TPSA) is 23.0 Å². The smallest absolute Gasteiger partial charge is 0.333 e. The molecule has 6 heterocycles. The molecular weight excluding hydrogens is 507 g/mol. The molecule has 40 heavy (non-hydrogen) atoms. The summed E-state index contributed by atoms with van der Waals surface area (Å²) < 4.78 is 14.5. The van der Waals surface area contributed by atoms with Crippen LogP contribution in [0.1, 0.15) is 5.56 Å². The number of furan rings is 1. The standard InChI is InChI=1S/C35H19BN2OS/c1-18-16-24-19-10-6-12-23-30(19)38(33-21-9-3-5-15-28(21)40-35(23)33)36-25-13-7-11-22-31(25)37(26(17-18)29(24)36)32-20-8-2-4-14-27(20)39-34(22)32/h2-17H,1H3. The highest BCUT2D eigenvalue weighted by Crippen LogP contribution is 2.48. The van der Waals surface area contributed by atoms with Crippen molar-refractivity contribution >= 4 is 93.3 Å². The molecule has 0 aliphatic carbocycles. The van der Waals surface area contributed by atoms with Gasteiger partial charge in [0.15, 0.2) is 5.58 Å². The number of aromatic nitrogens is 2. The van der Waals surface area contributed by atoms with Gasteiger partial charge in [0.1, 0.15) is 11.1 Å². The third-order valence-corrected chi connectivity index (χ3v) is 10.5. The number of hydrogen-bond donors (Lipinski definition) is 0. The number of benzene rings is 5. The van der Waals surface area contributed by atoms with E-state index in [2.05, 4.69) is 113 Å². The first-order valence-electron chi connectivity index (χ1n) is 13.8. The van der Waals surface area contributed by atoms with E-state index in [0.29, 0.717) is 0 Å². The molecule has 0 amide bonds. The Hall–Kier alpha value is -4.74. The van der Waals surface area contributed by atoms with Gasteiger partial charge < -0.3 is 13.5 Å². The van der Waals surface area contributed by atoms with Gasteiger partial charge in [-0.2, -0.15) is 0 Å². The van der Waals surface area contributed by atoms with E-state index in [1.165, 1.54) is 86.3 Å². The maximum Gasteiger partial charge on any atom is 0.333 e. The summed E-state index contributed by atoms with van der Waals surface area (Å²) in [6.45, 7) is 2.32. The Labute approximate surface area is 232 Å². The summed E-state index contributed by atoms with van der Waals surface area (Å²) in [7, 11) is 0. The average molecular weight is 526 g/mol. The van der Waals surface area contributed by atoms with Crippen LogP contribution in [0.25, 0.3) is 81.0 Å². The van der Waals surface area contributed by atoms with Crippen molar-refractivity contribution in [2.24, 2.45) is 0 Å². The SMILES string of the molecule is Cc1cc2c3c(c1)-n1c4c(cccc4c4oc5ccccc5c41)B3n1c3c-2cccc3c2sc3ccccc3c21. The van der Waals surface area contributed by atoms with Gasteiger partial charge in [0.05, 0.1) is 15.7 Å². The highest BCUT2D eigenvalue weighted by atomic mass is 32.1. The zero-order chi connectivity index (χ0) is 25.9. The number of thiophene rings is 1. The van der Waals surface area contributed by atoms with Crippen LogP contribution >= 0.6 is 11.3 Å². The van der Waals surface area contributed by atoms with Crippen LogP contribution in [0.4, 0.5) is 0 Å². The number of fused-ring (bicyclic) bond motifs is 14. The van der Waals surface area contributed by atoms with E-state index in [0.717, 1.165) is 11.2 Å². The molecule has 0 radical (unpaired) electrons. The Morgan fingerprint density at radius 3 is 2.42 bits per heavy atom. The lowest BCUT2D eigenvalue weighted by Crippen LogP contribution is -2.55. The first kappa shape index (κ1) is 20.2. The van der Waals surface area contributed by atoms with E-state index in [9.17, 15) is 0 Å². The van der Waals surface area contributed by atoms with Crippen molar-refractivity contribution in [1.82, 2.24) is 9.05 Å². The quantitative estimate of drug-likeness (QED) is 0.183. The zero-order valence-electron chi connectivity index (χ0n) is 21.5. The molecule has 4 aromatic heterocycles. The fourth-order valence-corrected chi connectivity index (χ4v) is 9.15. The van der Waals surface area contributed by atoms with Gasteiger partial charge in [0.25, 0.3) is 0 Å². The molecule has 5 heteroatoms. The summed E-state index contributed by atoms with van der Waals surface area (Å²) >= 11 is 1.92. The summed E-state index contributed by atoms with van der Waals surface area (Å²) in [5.41, 5.74) is 15.0. The van der Waals surface area contributed by atoms with E-state index in [1.807, 2.05) is 11.3 Å². The normalized spacial score (nSPS) is 13.6. The number of aryl methyl sites for hydroxylation is 1. The number of hydrogen-bond acceptors (Lipinski definition) is 2. The third-order valence-electron chi connectivity index (χ3n) is 9.32. The summed E-state index contributed by atoms with van der Waals surface area (Å²) in [6.07, 6.45) is 0. The van der Waals surface area contributed by atoms with Crippen molar-refractivity contribution < 1.29 is 4.42 Å². The first-order chi connectivity index (χ1) is 19.8. The summed E-state index contributed by atoms with van der Waals surface area (Å²) in [5, 5.41) is 5.05. The Kier molecular flexibility index (Phi) is 3.29. The van der Waals surface area contributed by atoms with Gasteiger partial charge >= 0.3 is 6.85 Å². The predicted molar refractivity (Wildman–Crippen MR) is 170 cm³/mol. The van der Waals surface area contributed by atoms with Crippen molar-refractivity contribution in [2.45, 2.75) is 6.92 Å². The molecule has 0 saturated carbocycles. The Balaban J connectivity index is 1.44. The second-order valence-electron chi connectivity index (χ2n) is 11.4. The van der Waals surface area contributed by atoms with E-state index < -0.39 is 0 Å². The molecular formula is C35H19BN2OS. The fourth-order valence-electron chi connectivity index (χ4n) is 7.93. The first-order valence-corrected chi connectivity index (χ1v) is 14.6. The van der Waals surface area contributed by atoms with Crippen LogP contribution in [0, 0.1) is 6.92 Å². The molecule has 0 bridgehead atoms. The van der Waals surface area contributed by atoms with Crippen molar-refractivity contribution in [3.05, 3.63) is 103 Å². The van der Waals surface area contributed by atoms with Crippen molar-refractivity contribution in [2.75, 3.05) is 0 Å². The second-order valence-corrected chi connectivity index (χ2v) is 12.4. The Morgan fingerprint density at radius 1 is 0.675 bits per heavy atom. The highest BCUT2D eigenvalue weighted by molar-refractivity contribution is 7.27. The molecule has 2 aliphatic heterocycles. The van der Waals surface area contributed by atoms with Gasteiger partial charge in [-0.15, -0.1) is 11.3 Å². The van der Waals surface area contributed by atoms with E-state index in [1.54, 1.807) is 0 Å². The summed E-state index contributed by atoms with van der Waals surface area (Å²) in [6, 6.07) is 35.8. The third kappa shape index (κ3) is 2.07. The van der Waals surface area contributed by atoms with Crippen LogP contribution in [0.3, 0.4) is 0 Å². The molecule has 0 spiro atoms. The van der Waals surface area contributed by atoms with Crippen LogP contribution in [0.15, 0.2) is 101 Å². The monoisotopic (exact) mass is 526 g/mol. The van der Waals surface area contributed by atoms with Crippen LogP contribution < -0.4 is 10.9 Å². The van der Waals surface area contributed by atoms with Crippen molar-refractivity contribution in [3.63, 3.8) is 0 Å². The van der Waals surface area contributed by atoms with E-state index in [4.69, 9.17) is 4.42 Å². The summed E-state index contributed by atoms with van der Waals surface area (Å²) in [5.74, 6) is 0. The Morgan fingerprint density at radius 2 is 1.48 bits per heavy atom. The second kappa shape index (κ2) is 6.52. The van der Waals surface area contributed by atoms with Gasteiger partial charge in [-0.05, 0) is 59.3 Å². The molecule has 2 aliphatic rings. The van der Waals surface area contributed by atoms with Crippen molar-refractivity contribution in [1.29, 1.82) is 0 Å². The van der Waals surface area contributed by atoms with E-state index >= 15 is 0 Å². The zero-order valence-corrected chi connectivity index (χ0v) is 22.3. The minimum Gasteiger partial charge on any atom is -0.454 e. The lowest BCUT2D eigenvalue weighted by atomic mass is 9.45. The predicted octanol–water partition coefficient (Wildman–Crippen LogP) is 8.11. The minimum atomic E-state index is 0.0833. The molecule has 0 fully saturated rings. The van der Waals surface area contributed by atoms with Crippen molar-refractivity contribution in [3.8, 4) is 16.8 Å². The molecule has 0 atom stereocenters. The van der Waals surface area contributed by atoms with Gasteiger partial charge in [0, 0.05) is 43.0 Å². The van der Waals surface area contributed by atoms with Crippen LogP contribution in [0.2, 0.25) is 0 Å². The minimum absolute atomic E-state index is 0.0833. The number of nitrogens with zero attached hydrogens (tertiary/aromatic N) is 2.